The van der Waals surface area contributed by atoms with Crippen LogP contribution < -0.4 is 9.47 Å². The van der Waals surface area contributed by atoms with Crippen LogP contribution in [0.4, 0.5) is 0 Å². The lowest BCUT2D eigenvalue weighted by Gasteiger charge is -2.12. The van der Waals surface area contributed by atoms with Crippen molar-refractivity contribution in [2.24, 2.45) is 0 Å². The Morgan fingerprint density at radius 1 is 1.00 bits per heavy atom. The highest BCUT2D eigenvalue weighted by atomic mass is 32.2. The maximum atomic E-state index is 11.5. The molecule has 0 N–H and O–H groups in total. The molecule has 3 rings (SSSR count). The number of para-hydroxylation sites is 2. The molecular weight excluding hydrogens is 378 g/mol. The predicted molar refractivity (Wildman–Crippen MR) is 106 cm³/mol. The van der Waals surface area contributed by atoms with Crippen LogP contribution in [0.25, 0.3) is 0 Å². The van der Waals surface area contributed by atoms with Gasteiger partial charge in [0.15, 0.2) is 22.5 Å². The first-order chi connectivity index (χ1) is 13.7. The van der Waals surface area contributed by atoms with Crippen LogP contribution in [0, 0.1) is 0 Å². The standard InChI is InChI=1S/C20H21N3O4S/c1-25-16-10-6-7-11-17(16)27-13-18-21-22-20(28-14-19(24)26-2)23(18)12-15-8-4-3-5-9-15/h3-11H,12-14H2,1-2H3. The summed E-state index contributed by atoms with van der Waals surface area (Å²) < 4.78 is 17.9. The van der Waals surface area contributed by atoms with Gasteiger partial charge in [-0.3, -0.25) is 9.36 Å². The number of carbonyl (C=O) groups excluding carboxylic acids is 1. The Kier molecular flexibility index (Phi) is 6.91. The minimum atomic E-state index is -0.314. The van der Waals surface area contributed by atoms with Gasteiger partial charge in [0.25, 0.3) is 0 Å². The first-order valence-corrected chi connectivity index (χ1v) is 9.61. The summed E-state index contributed by atoms with van der Waals surface area (Å²) in [7, 11) is 2.96. The van der Waals surface area contributed by atoms with E-state index in [9.17, 15) is 4.79 Å². The van der Waals surface area contributed by atoms with Gasteiger partial charge < -0.3 is 14.2 Å². The van der Waals surface area contributed by atoms with E-state index in [0.29, 0.717) is 29.0 Å². The number of thioether (sulfide) groups is 1. The zero-order valence-corrected chi connectivity index (χ0v) is 16.5. The van der Waals surface area contributed by atoms with Crippen LogP contribution in [0.15, 0.2) is 59.8 Å². The number of benzene rings is 2. The number of aromatic nitrogens is 3. The molecule has 0 aliphatic carbocycles. The molecule has 8 heteroatoms. The van der Waals surface area contributed by atoms with Crippen molar-refractivity contribution in [1.82, 2.24) is 14.8 Å². The van der Waals surface area contributed by atoms with E-state index in [1.165, 1.54) is 18.9 Å². The fourth-order valence-electron chi connectivity index (χ4n) is 2.52. The van der Waals surface area contributed by atoms with E-state index in [4.69, 9.17) is 14.2 Å². The van der Waals surface area contributed by atoms with Gasteiger partial charge in [-0.05, 0) is 17.7 Å². The number of rotatable bonds is 9. The monoisotopic (exact) mass is 399 g/mol. The molecule has 7 nitrogen and oxygen atoms in total. The highest BCUT2D eigenvalue weighted by molar-refractivity contribution is 7.99. The van der Waals surface area contributed by atoms with Crippen LogP contribution in [-0.4, -0.2) is 40.7 Å². The number of hydrogen-bond acceptors (Lipinski definition) is 7. The summed E-state index contributed by atoms with van der Waals surface area (Å²) in [5, 5.41) is 9.12. The van der Waals surface area contributed by atoms with Crippen molar-refractivity contribution in [1.29, 1.82) is 0 Å². The van der Waals surface area contributed by atoms with Gasteiger partial charge in [0.1, 0.15) is 6.61 Å². The summed E-state index contributed by atoms with van der Waals surface area (Å²) in [5.74, 6) is 1.78. The van der Waals surface area contributed by atoms with Crippen molar-refractivity contribution in [3.05, 3.63) is 66.0 Å². The number of esters is 1. The van der Waals surface area contributed by atoms with E-state index in [0.717, 1.165) is 5.56 Å². The fourth-order valence-corrected chi connectivity index (χ4v) is 3.31. The molecule has 3 aromatic rings. The van der Waals surface area contributed by atoms with Gasteiger partial charge in [0.2, 0.25) is 0 Å². The maximum Gasteiger partial charge on any atom is 0.316 e. The van der Waals surface area contributed by atoms with Crippen molar-refractivity contribution in [2.75, 3.05) is 20.0 Å². The Bertz CT molecular complexity index is 915. The number of methoxy groups -OCH3 is 2. The topological polar surface area (TPSA) is 75.5 Å². The van der Waals surface area contributed by atoms with E-state index in [2.05, 4.69) is 10.2 Å². The molecule has 0 aliphatic rings. The lowest BCUT2D eigenvalue weighted by atomic mass is 10.2. The zero-order valence-electron chi connectivity index (χ0n) is 15.7. The first kappa shape index (κ1) is 19.8. The van der Waals surface area contributed by atoms with Gasteiger partial charge in [-0.1, -0.05) is 54.2 Å². The third-order valence-electron chi connectivity index (χ3n) is 3.95. The molecule has 0 saturated carbocycles. The Morgan fingerprint density at radius 3 is 2.43 bits per heavy atom. The molecule has 2 aromatic carbocycles. The van der Waals surface area contributed by atoms with Crippen LogP contribution in [0.1, 0.15) is 11.4 Å². The summed E-state index contributed by atoms with van der Waals surface area (Å²) in [4.78, 5) is 11.5. The minimum Gasteiger partial charge on any atom is -0.493 e. The molecule has 0 unspecified atom stereocenters. The second-order valence-corrected chi connectivity index (χ2v) is 6.72. The Labute approximate surface area is 167 Å². The summed E-state index contributed by atoms with van der Waals surface area (Å²) in [6, 6.07) is 17.4. The largest absolute Gasteiger partial charge is 0.493 e. The second kappa shape index (κ2) is 9.80. The summed E-state index contributed by atoms with van der Waals surface area (Å²) in [5.41, 5.74) is 1.10. The van der Waals surface area contributed by atoms with Gasteiger partial charge in [-0.15, -0.1) is 10.2 Å². The van der Waals surface area contributed by atoms with E-state index < -0.39 is 0 Å². The van der Waals surface area contributed by atoms with Crippen LogP contribution in [0.2, 0.25) is 0 Å². The Morgan fingerprint density at radius 2 is 1.71 bits per heavy atom. The molecule has 0 aliphatic heterocycles. The fraction of sp³-hybridized carbons (Fsp3) is 0.250. The number of ether oxygens (including phenoxy) is 3. The maximum absolute atomic E-state index is 11.5. The van der Waals surface area contributed by atoms with Gasteiger partial charge >= 0.3 is 5.97 Å². The number of nitrogens with zero attached hydrogens (tertiary/aromatic N) is 3. The average molecular weight is 399 g/mol. The van der Waals surface area contributed by atoms with E-state index in [1.807, 2.05) is 59.2 Å². The molecule has 1 heterocycles. The summed E-state index contributed by atoms with van der Waals surface area (Å²) in [6.45, 7) is 0.793. The van der Waals surface area contributed by atoms with Crippen molar-refractivity contribution in [3.8, 4) is 11.5 Å². The molecule has 1 aromatic heterocycles. The SMILES string of the molecule is COC(=O)CSc1nnc(COc2ccccc2OC)n1Cc1ccccc1. The van der Waals surface area contributed by atoms with Crippen LogP contribution in [-0.2, 0) is 22.7 Å². The molecule has 0 fully saturated rings. The van der Waals surface area contributed by atoms with Crippen LogP contribution >= 0.6 is 11.8 Å². The quantitative estimate of drug-likeness (QED) is 0.404. The van der Waals surface area contributed by atoms with Crippen LogP contribution in [0.5, 0.6) is 11.5 Å². The van der Waals surface area contributed by atoms with E-state index in [-0.39, 0.29) is 18.3 Å². The molecule has 0 saturated heterocycles. The lowest BCUT2D eigenvalue weighted by molar-refractivity contribution is -0.137. The van der Waals surface area contributed by atoms with Crippen molar-refractivity contribution >= 4 is 17.7 Å². The summed E-state index contributed by atoms with van der Waals surface area (Å²) >= 11 is 1.28. The van der Waals surface area contributed by atoms with Gasteiger partial charge in [-0.25, -0.2) is 0 Å². The Hall–Kier alpha value is -3.00. The predicted octanol–water partition coefficient (Wildman–Crippen LogP) is 3.18. The molecular formula is C20H21N3O4S. The van der Waals surface area contributed by atoms with Gasteiger partial charge in [-0.2, -0.15) is 0 Å². The van der Waals surface area contributed by atoms with Gasteiger partial charge in [0.05, 0.1) is 26.5 Å². The molecule has 0 amide bonds. The van der Waals surface area contributed by atoms with Crippen molar-refractivity contribution in [2.45, 2.75) is 18.3 Å². The van der Waals surface area contributed by atoms with Crippen LogP contribution in [0.3, 0.4) is 0 Å². The molecule has 0 bridgehead atoms. The van der Waals surface area contributed by atoms with Gasteiger partial charge in [0, 0.05) is 0 Å². The highest BCUT2D eigenvalue weighted by Gasteiger charge is 2.16. The van der Waals surface area contributed by atoms with E-state index in [1.54, 1.807) is 7.11 Å². The Balaban J connectivity index is 1.80. The third kappa shape index (κ3) is 5.04. The molecule has 28 heavy (non-hydrogen) atoms. The molecule has 0 spiro atoms. The second-order valence-electron chi connectivity index (χ2n) is 5.77. The van der Waals surface area contributed by atoms with E-state index >= 15 is 0 Å². The molecule has 146 valence electrons. The lowest BCUT2D eigenvalue weighted by Crippen LogP contribution is -2.11. The third-order valence-corrected chi connectivity index (χ3v) is 4.89. The van der Waals surface area contributed by atoms with Crippen molar-refractivity contribution in [3.63, 3.8) is 0 Å². The smallest absolute Gasteiger partial charge is 0.316 e. The number of carbonyl (C=O) groups is 1. The first-order valence-electron chi connectivity index (χ1n) is 8.62. The molecule has 0 radical (unpaired) electrons. The summed E-state index contributed by atoms with van der Waals surface area (Å²) in [6.07, 6.45) is 0. The van der Waals surface area contributed by atoms with Crippen molar-refractivity contribution < 1.29 is 19.0 Å². The average Bonchev–Trinajstić information content (AvgIpc) is 3.12. The molecule has 0 atom stereocenters. The minimum absolute atomic E-state index is 0.163. The number of hydrogen-bond donors (Lipinski definition) is 0. The normalized spacial score (nSPS) is 10.5. The zero-order chi connectivity index (χ0) is 19.8. The highest BCUT2D eigenvalue weighted by Crippen LogP contribution is 2.27.